The summed E-state index contributed by atoms with van der Waals surface area (Å²) < 4.78 is 83.6. The Morgan fingerprint density at radius 1 is 0.882 bits per heavy atom. The quantitative estimate of drug-likeness (QED) is 0.369. The van der Waals surface area contributed by atoms with Gasteiger partial charge in [-0.25, -0.2) is 9.97 Å². The standard InChI is InChI=1S/C23H20F6N4S/c24-22(25,26)18-7-15(16-2-1-3-34-16)30-20(31-18)33-19(23(27,28)29)8-17(32-33)21-9-12-4-13(10-21)6-14(5-12)11-21/h1-3,7-8,12-14H,4-6,9-11H2. The number of hydrogen-bond acceptors (Lipinski definition) is 4. The molecule has 4 aliphatic rings. The number of rotatable bonds is 3. The molecule has 0 amide bonds. The fourth-order valence-electron chi connectivity index (χ4n) is 6.64. The van der Waals surface area contributed by atoms with E-state index in [1.165, 1.54) is 0 Å². The Hall–Kier alpha value is -2.43. The molecule has 0 atom stereocenters. The van der Waals surface area contributed by atoms with Crippen LogP contribution in [0.3, 0.4) is 0 Å². The van der Waals surface area contributed by atoms with E-state index in [-0.39, 0.29) is 5.69 Å². The third-order valence-corrected chi connectivity index (χ3v) is 8.44. The highest BCUT2D eigenvalue weighted by atomic mass is 32.1. The van der Waals surface area contributed by atoms with Crippen LogP contribution < -0.4 is 0 Å². The summed E-state index contributed by atoms with van der Waals surface area (Å²) in [5.74, 6) is 0.699. The lowest BCUT2D eigenvalue weighted by molar-refractivity contribution is -0.143. The lowest BCUT2D eigenvalue weighted by Gasteiger charge is -2.56. The zero-order valence-corrected chi connectivity index (χ0v) is 18.6. The van der Waals surface area contributed by atoms with Crippen LogP contribution in [0, 0.1) is 17.8 Å². The van der Waals surface area contributed by atoms with Gasteiger partial charge in [-0.3, -0.25) is 0 Å². The van der Waals surface area contributed by atoms with Crippen LogP contribution in [-0.4, -0.2) is 19.7 Å². The fraction of sp³-hybridized carbons (Fsp3) is 0.522. The molecular formula is C23H20F6N4S. The lowest BCUT2D eigenvalue weighted by Crippen LogP contribution is -2.48. The molecule has 4 nitrogen and oxygen atoms in total. The summed E-state index contributed by atoms with van der Waals surface area (Å²) >= 11 is 1.14. The second kappa shape index (κ2) is 7.29. The molecule has 0 saturated heterocycles. The van der Waals surface area contributed by atoms with E-state index in [4.69, 9.17) is 0 Å². The molecule has 3 heterocycles. The Labute approximate surface area is 195 Å². The molecule has 0 unspecified atom stereocenters. The average molecular weight is 498 g/mol. The van der Waals surface area contributed by atoms with Crippen molar-refractivity contribution >= 4 is 11.3 Å². The SMILES string of the molecule is FC(F)(F)c1cc(-c2cccs2)nc(-n2nc(C34CC5CC(CC(C5)C3)C4)cc2C(F)(F)F)n1. The second-order valence-corrected chi connectivity index (χ2v) is 10.9. The highest BCUT2D eigenvalue weighted by Crippen LogP contribution is 2.60. The third-order valence-electron chi connectivity index (χ3n) is 7.55. The van der Waals surface area contributed by atoms with Crippen molar-refractivity contribution in [2.45, 2.75) is 56.3 Å². The van der Waals surface area contributed by atoms with Gasteiger partial charge in [0, 0.05) is 5.41 Å². The molecule has 0 aliphatic heterocycles. The number of halogens is 6. The lowest BCUT2D eigenvalue weighted by atomic mass is 9.49. The summed E-state index contributed by atoms with van der Waals surface area (Å²) in [5.41, 5.74) is -2.70. The summed E-state index contributed by atoms with van der Waals surface area (Å²) in [7, 11) is 0. The normalized spacial score (nSPS) is 28.6. The van der Waals surface area contributed by atoms with Gasteiger partial charge in [0.25, 0.3) is 5.95 Å². The molecule has 0 N–H and O–H groups in total. The number of aromatic nitrogens is 4. The van der Waals surface area contributed by atoms with E-state index >= 15 is 0 Å². The van der Waals surface area contributed by atoms with Crippen molar-refractivity contribution < 1.29 is 26.3 Å². The molecule has 3 aromatic heterocycles. The maximum Gasteiger partial charge on any atom is 0.433 e. The highest BCUT2D eigenvalue weighted by molar-refractivity contribution is 7.13. The van der Waals surface area contributed by atoms with E-state index in [9.17, 15) is 26.3 Å². The Morgan fingerprint density at radius 2 is 1.53 bits per heavy atom. The molecule has 4 fully saturated rings. The molecule has 3 aromatic rings. The number of hydrogen-bond donors (Lipinski definition) is 0. The van der Waals surface area contributed by atoms with Gasteiger partial charge in [0.05, 0.1) is 16.3 Å². The van der Waals surface area contributed by atoms with E-state index in [1.54, 1.807) is 17.5 Å². The Bertz CT molecular complexity index is 1190. The summed E-state index contributed by atoms with van der Waals surface area (Å²) in [6, 6.07) is 4.97. The first-order valence-corrected chi connectivity index (χ1v) is 12.1. The van der Waals surface area contributed by atoms with Crippen LogP contribution in [0.15, 0.2) is 29.6 Å². The predicted octanol–water partition coefficient (Wildman–Crippen LogP) is 6.90. The molecule has 180 valence electrons. The molecule has 7 rings (SSSR count). The maximum absolute atomic E-state index is 14.1. The minimum atomic E-state index is -4.85. The smallest absolute Gasteiger partial charge is 0.210 e. The molecule has 4 saturated carbocycles. The van der Waals surface area contributed by atoms with Crippen LogP contribution in [-0.2, 0) is 17.8 Å². The van der Waals surface area contributed by atoms with Gasteiger partial charge in [0.2, 0.25) is 0 Å². The van der Waals surface area contributed by atoms with E-state index in [0.717, 1.165) is 62.0 Å². The van der Waals surface area contributed by atoms with Gasteiger partial charge in [-0.1, -0.05) is 6.07 Å². The summed E-state index contributed by atoms with van der Waals surface area (Å²) in [5, 5.41) is 5.95. The summed E-state index contributed by atoms with van der Waals surface area (Å²) in [6.07, 6.45) is -4.04. The van der Waals surface area contributed by atoms with Crippen molar-refractivity contribution in [2.75, 3.05) is 0 Å². The van der Waals surface area contributed by atoms with Crippen LogP contribution in [0.2, 0.25) is 0 Å². The average Bonchev–Trinajstić information content (AvgIpc) is 3.42. The Kier molecular flexibility index (Phi) is 4.73. The molecule has 34 heavy (non-hydrogen) atoms. The van der Waals surface area contributed by atoms with Gasteiger partial charge in [0.15, 0.2) is 11.4 Å². The molecule has 11 heteroatoms. The molecule has 0 radical (unpaired) electrons. The summed E-state index contributed by atoms with van der Waals surface area (Å²) in [4.78, 5) is 7.98. The van der Waals surface area contributed by atoms with E-state index in [0.29, 0.717) is 33.0 Å². The molecule has 4 aliphatic carbocycles. The zero-order valence-electron chi connectivity index (χ0n) is 17.8. The molecule has 4 bridgehead atoms. The first-order valence-electron chi connectivity index (χ1n) is 11.2. The largest absolute Gasteiger partial charge is 0.433 e. The van der Waals surface area contributed by atoms with Gasteiger partial charge < -0.3 is 0 Å². The fourth-order valence-corrected chi connectivity index (χ4v) is 7.33. The van der Waals surface area contributed by atoms with E-state index in [2.05, 4.69) is 15.1 Å². The minimum Gasteiger partial charge on any atom is -0.210 e. The van der Waals surface area contributed by atoms with Crippen molar-refractivity contribution in [3.8, 4) is 16.5 Å². The van der Waals surface area contributed by atoms with Gasteiger partial charge in [-0.15, -0.1) is 11.3 Å². The van der Waals surface area contributed by atoms with Crippen LogP contribution in [0.25, 0.3) is 16.5 Å². The number of nitrogens with zero attached hydrogens (tertiary/aromatic N) is 4. The maximum atomic E-state index is 14.1. The van der Waals surface area contributed by atoms with Crippen LogP contribution >= 0.6 is 11.3 Å². The van der Waals surface area contributed by atoms with Crippen molar-refractivity contribution in [2.24, 2.45) is 17.8 Å². The summed E-state index contributed by atoms with van der Waals surface area (Å²) in [6.45, 7) is 0. The van der Waals surface area contributed by atoms with Crippen LogP contribution in [0.4, 0.5) is 26.3 Å². The van der Waals surface area contributed by atoms with E-state index < -0.39 is 35.1 Å². The van der Waals surface area contributed by atoms with Crippen molar-refractivity contribution in [1.29, 1.82) is 0 Å². The van der Waals surface area contributed by atoms with Crippen molar-refractivity contribution in [1.82, 2.24) is 19.7 Å². The van der Waals surface area contributed by atoms with Gasteiger partial charge in [0.1, 0.15) is 0 Å². The highest BCUT2D eigenvalue weighted by Gasteiger charge is 2.53. The van der Waals surface area contributed by atoms with E-state index in [1.807, 2.05) is 0 Å². The van der Waals surface area contributed by atoms with Gasteiger partial charge in [-0.2, -0.15) is 36.1 Å². The second-order valence-electron chi connectivity index (χ2n) is 9.94. The van der Waals surface area contributed by atoms with Gasteiger partial charge in [-0.05, 0) is 79.9 Å². The zero-order chi connectivity index (χ0) is 23.9. The van der Waals surface area contributed by atoms with Crippen molar-refractivity contribution in [3.63, 3.8) is 0 Å². The Balaban J connectivity index is 1.51. The monoisotopic (exact) mass is 498 g/mol. The first kappa shape index (κ1) is 22.1. The minimum absolute atomic E-state index is 0.0905. The number of alkyl halides is 6. The third kappa shape index (κ3) is 3.63. The van der Waals surface area contributed by atoms with Crippen LogP contribution in [0.1, 0.15) is 55.6 Å². The molecular weight excluding hydrogens is 478 g/mol. The predicted molar refractivity (Wildman–Crippen MR) is 112 cm³/mol. The van der Waals surface area contributed by atoms with Gasteiger partial charge >= 0.3 is 12.4 Å². The van der Waals surface area contributed by atoms with Crippen molar-refractivity contribution in [3.05, 3.63) is 46.7 Å². The first-order chi connectivity index (χ1) is 16.0. The topological polar surface area (TPSA) is 43.6 Å². The molecule has 0 spiro atoms. The van der Waals surface area contributed by atoms with Crippen LogP contribution in [0.5, 0.6) is 0 Å². The Morgan fingerprint density at radius 3 is 2.06 bits per heavy atom. The molecule has 0 aromatic carbocycles. The number of thiophene rings is 1.